The second-order valence-corrected chi connectivity index (χ2v) is 16.5. The Morgan fingerprint density at radius 3 is 1.64 bits per heavy atom. The second-order valence-electron chi connectivity index (χ2n) is 7.13. The Morgan fingerprint density at radius 1 is 0.760 bits per heavy atom. The summed E-state index contributed by atoms with van der Waals surface area (Å²) in [6.45, 7) is 4.36. The molecule has 0 saturated heterocycles. The molecule has 1 unspecified atom stereocenters. The summed E-state index contributed by atoms with van der Waals surface area (Å²) in [4.78, 5) is 0. The molecule has 0 rings (SSSR count). The van der Waals surface area contributed by atoms with Crippen molar-refractivity contribution in [1.29, 1.82) is 0 Å². The van der Waals surface area contributed by atoms with Crippen LogP contribution in [0.4, 0.5) is 0 Å². The molecule has 0 aromatic carbocycles. The van der Waals surface area contributed by atoms with Crippen molar-refractivity contribution in [3.8, 4) is 0 Å². The molecule has 1 atom stereocenters. The van der Waals surface area contributed by atoms with E-state index in [4.69, 9.17) is 13.3 Å². The van der Waals surface area contributed by atoms with E-state index in [0.29, 0.717) is 0 Å². The fourth-order valence-electron chi connectivity index (χ4n) is 3.34. The Labute approximate surface area is 164 Å². The van der Waals surface area contributed by atoms with E-state index in [-0.39, 0.29) is 5.54 Å². The maximum atomic E-state index is 12.3. The molecular weight excluding hydrogens is 439 g/mol. The van der Waals surface area contributed by atoms with Gasteiger partial charge in [0.15, 0.2) is 0 Å². The van der Waals surface area contributed by atoms with Crippen molar-refractivity contribution in [3.63, 3.8) is 0 Å². The summed E-state index contributed by atoms with van der Waals surface area (Å²) in [7, 11) is 2.39. The third-order valence-corrected chi connectivity index (χ3v) is 13.3. The first-order valence-electron chi connectivity index (χ1n) is 10.2. The molecule has 0 aliphatic rings. The molecule has 0 N–H and O–H groups in total. The van der Waals surface area contributed by atoms with E-state index in [0.717, 1.165) is 21.7 Å². The number of rotatable bonds is 18. The molecule has 0 aromatic heterocycles. The molecule has 4 nitrogen and oxygen atoms in total. The van der Waals surface area contributed by atoms with E-state index < -0.39 is 28.6 Å². The van der Waals surface area contributed by atoms with Crippen LogP contribution in [0.15, 0.2) is 0 Å². The van der Waals surface area contributed by atoms with Crippen molar-refractivity contribution in [1.82, 2.24) is 0 Å². The Morgan fingerprint density at radius 2 is 1.20 bits per heavy atom. The van der Waals surface area contributed by atoms with Gasteiger partial charge in [-0.15, -0.1) is 0 Å². The zero-order valence-corrected chi connectivity index (χ0v) is 21.3. The molecule has 0 saturated carbocycles. The van der Waals surface area contributed by atoms with Crippen LogP contribution < -0.4 is 0 Å². The monoisotopic (exact) mass is 482 g/mol. The molecular formula is C19H42O4SiSn. The molecule has 0 amide bonds. The summed E-state index contributed by atoms with van der Waals surface area (Å²) in [6, 6.07) is 0. The van der Waals surface area contributed by atoms with Crippen LogP contribution in [0.5, 0.6) is 0 Å². The average Bonchev–Trinajstić information content (AvgIpc) is 2.63. The zero-order valence-electron chi connectivity index (χ0n) is 17.4. The van der Waals surface area contributed by atoms with Gasteiger partial charge in [0.05, 0.1) is 0 Å². The van der Waals surface area contributed by atoms with Crippen molar-refractivity contribution in [2.24, 2.45) is 0 Å². The fourth-order valence-corrected chi connectivity index (χ4v) is 11.1. The summed E-state index contributed by atoms with van der Waals surface area (Å²) >= 11 is -2.41. The minimum absolute atomic E-state index is 0.213. The fraction of sp³-hybridized carbons (Fsp3) is 1.00. The van der Waals surface area contributed by atoms with Gasteiger partial charge in [0.2, 0.25) is 0 Å². The van der Waals surface area contributed by atoms with Gasteiger partial charge in [-0.3, -0.25) is 0 Å². The van der Waals surface area contributed by atoms with Crippen LogP contribution in [-0.2, 0) is 16.4 Å². The van der Waals surface area contributed by atoms with E-state index in [9.17, 15) is 3.08 Å². The van der Waals surface area contributed by atoms with E-state index >= 15 is 0 Å². The van der Waals surface area contributed by atoms with Crippen molar-refractivity contribution in [2.75, 3.05) is 21.3 Å². The molecule has 0 spiro atoms. The molecule has 0 aromatic rings. The topological polar surface area (TPSA) is 44.8 Å². The van der Waals surface area contributed by atoms with Gasteiger partial charge in [-0.2, -0.15) is 0 Å². The quantitative estimate of drug-likeness (QED) is 0.178. The SMILES string of the molecule is CCCCCCCCCCC[CH2][Sn](=[O])[CH2]CC(C)[Si](OC)(OC)OC. The summed E-state index contributed by atoms with van der Waals surface area (Å²) in [5.41, 5.74) is 0.213. The van der Waals surface area contributed by atoms with Crippen LogP contribution in [0.25, 0.3) is 0 Å². The van der Waals surface area contributed by atoms with Gasteiger partial charge in [-0.1, -0.05) is 0 Å². The molecule has 0 bridgehead atoms. The molecule has 0 aliphatic carbocycles. The second kappa shape index (κ2) is 16.8. The Balaban J connectivity index is 3.65. The van der Waals surface area contributed by atoms with Gasteiger partial charge >= 0.3 is 165 Å². The third-order valence-electron chi connectivity index (χ3n) is 5.12. The van der Waals surface area contributed by atoms with Crippen LogP contribution >= 0.6 is 0 Å². The molecule has 150 valence electrons. The van der Waals surface area contributed by atoms with Crippen LogP contribution in [-0.4, -0.2) is 49.9 Å². The van der Waals surface area contributed by atoms with E-state index in [2.05, 4.69) is 13.8 Å². The predicted octanol–water partition coefficient (Wildman–Crippen LogP) is 5.99. The first kappa shape index (κ1) is 25.7. The molecule has 6 heteroatoms. The van der Waals surface area contributed by atoms with Gasteiger partial charge in [-0.05, 0) is 0 Å². The summed E-state index contributed by atoms with van der Waals surface area (Å²) in [5, 5.41) is 0. The van der Waals surface area contributed by atoms with Gasteiger partial charge in [0, 0.05) is 0 Å². The Hall–Kier alpha value is 0.696. The zero-order chi connectivity index (χ0) is 19.0. The van der Waals surface area contributed by atoms with Crippen molar-refractivity contribution in [3.05, 3.63) is 0 Å². The van der Waals surface area contributed by atoms with Crippen molar-refractivity contribution < 1.29 is 16.4 Å². The summed E-state index contributed by atoms with van der Waals surface area (Å²) in [6.07, 6.45) is 14.3. The van der Waals surface area contributed by atoms with Crippen LogP contribution in [0.2, 0.25) is 14.4 Å². The van der Waals surface area contributed by atoms with Crippen LogP contribution in [0.3, 0.4) is 0 Å². The van der Waals surface area contributed by atoms with Gasteiger partial charge in [0.1, 0.15) is 0 Å². The Bertz CT molecular complexity index is 316. The standard InChI is InChI=1S/C12H25.C7H17O3Si.O.Sn/c1-3-5-7-9-11-12-10-8-6-4-2;1-6-7(2)11(8-3,9-4)10-5;;/h1,3-12H2,2H3;7H,1,6H2,2-5H3;;. The molecule has 0 fully saturated rings. The first-order chi connectivity index (χ1) is 12.1. The van der Waals surface area contributed by atoms with Crippen LogP contribution in [0, 0.1) is 0 Å². The van der Waals surface area contributed by atoms with Gasteiger partial charge in [0.25, 0.3) is 0 Å². The van der Waals surface area contributed by atoms with Crippen molar-refractivity contribution >= 4 is 28.6 Å². The molecule has 0 heterocycles. The maximum absolute atomic E-state index is 12.3. The minimum atomic E-state index is -2.56. The predicted molar refractivity (Wildman–Crippen MR) is 109 cm³/mol. The normalized spacial score (nSPS) is 13.2. The molecule has 0 radical (unpaired) electrons. The molecule has 0 aliphatic heterocycles. The Kier molecular flexibility index (Phi) is 17.3. The van der Waals surface area contributed by atoms with Gasteiger partial charge < -0.3 is 0 Å². The number of hydrogen-bond donors (Lipinski definition) is 0. The van der Waals surface area contributed by atoms with Crippen molar-refractivity contribution in [2.45, 2.75) is 98.9 Å². The summed E-state index contributed by atoms with van der Waals surface area (Å²) in [5.74, 6) is 0. The average molecular weight is 481 g/mol. The van der Waals surface area contributed by atoms with Crippen LogP contribution in [0.1, 0.15) is 84.5 Å². The summed E-state index contributed by atoms with van der Waals surface area (Å²) < 4.78 is 30.8. The van der Waals surface area contributed by atoms with Gasteiger partial charge in [-0.25, -0.2) is 0 Å². The van der Waals surface area contributed by atoms with E-state index in [1.165, 1.54) is 57.8 Å². The first-order valence-corrected chi connectivity index (χ1v) is 17.2. The number of hydrogen-bond acceptors (Lipinski definition) is 4. The van der Waals surface area contributed by atoms with E-state index in [1.807, 2.05) is 0 Å². The molecule has 25 heavy (non-hydrogen) atoms. The number of unbranched alkanes of at least 4 members (excludes halogenated alkanes) is 9. The third kappa shape index (κ3) is 11.9. The van der Waals surface area contributed by atoms with E-state index in [1.54, 1.807) is 21.3 Å².